The maximum absolute atomic E-state index is 6.19. The quantitative estimate of drug-likeness (QED) is 0.763. The molecule has 1 aromatic rings. The van der Waals surface area contributed by atoms with Gasteiger partial charge in [0, 0.05) is 25.2 Å². The summed E-state index contributed by atoms with van der Waals surface area (Å²) in [6.45, 7) is 5.65. The van der Waals surface area contributed by atoms with E-state index >= 15 is 0 Å². The Labute approximate surface area is 107 Å². The molecule has 4 nitrogen and oxygen atoms in total. The van der Waals surface area contributed by atoms with Gasteiger partial charge in [0.1, 0.15) is 11.3 Å². The predicted octanol–water partition coefficient (Wildman–Crippen LogP) is 1.80. The number of anilines is 1. The van der Waals surface area contributed by atoms with Gasteiger partial charge in [0.25, 0.3) is 0 Å². The van der Waals surface area contributed by atoms with Crippen molar-refractivity contribution in [1.29, 1.82) is 0 Å². The summed E-state index contributed by atoms with van der Waals surface area (Å²) in [5.41, 5.74) is 0. The second kappa shape index (κ2) is 4.42. The highest BCUT2D eigenvalue weighted by molar-refractivity contribution is 6.32. The van der Waals surface area contributed by atoms with Gasteiger partial charge in [-0.25, -0.2) is 9.97 Å². The van der Waals surface area contributed by atoms with Crippen LogP contribution in [0.25, 0.3) is 0 Å². The molecular formula is C12H17ClN4. The molecule has 5 heteroatoms. The second-order valence-corrected chi connectivity index (χ2v) is 5.39. The van der Waals surface area contributed by atoms with E-state index in [9.17, 15) is 0 Å². The van der Waals surface area contributed by atoms with E-state index in [0.717, 1.165) is 18.9 Å². The Morgan fingerprint density at radius 1 is 1.41 bits per heavy atom. The fourth-order valence-corrected chi connectivity index (χ4v) is 3.21. The molecule has 1 aromatic heterocycles. The van der Waals surface area contributed by atoms with Crippen LogP contribution in [0.5, 0.6) is 0 Å². The van der Waals surface area contributed by atoms with E-state index in [1.807, 2.05) is 0 Å². The predicted molar refractivity (Wildman–Crippen MR) is 68.4 cm³/mol. The van der Waals surface area contributed by atoms with Crippen molar-refractivity contribution in [2.24, 2.45) is 0 Å². The van der Waals surface area contributed by atoms with Crippen LogP contribution in [0.15, 0.2) is 12.5 Å². The molecule has 0 saturated carbocycles. The summed E-state index contributed by atoms with van der Waals surface area (Å²) in [7, 11) is 0. The molecule has 2 fully saturated rings. The molecule has 2 atom stereocenters. The molecule has 3 heterocycles. The van der Waals surface area contributed by atoms with Crippen LogP contribution in [0.4, 0.5) is 5.82 Å². The minimum absolute atomic E-state index is 0.469. The lowest BCUT2D eigenvalue weighted by atomic mass is 10.1. The smallest absolute Gasteiger partial charge is 0.151 e. The number of halogens is 1. The van der Waals surface area contributed by atoms with Crippen LogP contribution >= 0.6 is 11.6 Å². The number of aromatic nitrogens is 2. The zero-order valence-corrected chi connectivity index (χ0v) is 10.8. The van der Waals surface area contributed by atoms with Gasteiger partial charge in [-0.2, -0.15) is 0 Å². The van der Waals surface area contributed by atoms with Crippen LogP contribution in [0.1, 0.15) is 19.8 Å². The molecule has 0 radical (unpaired) electrons. The second-order valence-electron chi connectivity index (χ2n) is 4.99. The third-order valence-corrected chi connectivity index (χ3v) is 4.12. The SMILES string of the molecule is CC1CN2CCCC2CN1c1ncncc1Cl. The lowest BCUT2D eigenvalue weighted by Gasteiger charge is -2.43. The lowest BCUT2D eigenvalue weighted by Crippen LogP contribution is -2.55. The monoisotopic (exact) mass is 252 g/mol. The maximum Gasteiger partial charge on any atom is 0.151 e. The highest BCUT2D eigenvalue weighted by Crippen LogP contribution is 2.30. The minimum atomic E-state index is 0.469. The van der Waals surface area contributed by atoms with E-state index in [1.54, 1.807) is 12.5 Å². The molecule has 0 aliphatic carbocycles. The van der Waals surface area contributed by atoms with E-state index < -0.39 is 0 Å². The van der Waals surface area contributed by atoms with Crippen LogP contribution in [-0.2, 0) is 0 Å². The standard InChI is InChI=1S/C12H17ClN4/c1-9-6-16-4-2-3-10(16)7-17(9)12-11(13)5-14-8-15-12/h5,8-10H,2-4,6-7H2,1H3. The highest BCUT2D eigenvalue weighted by Gasteiger charge is 2.35. The average Bonchev–Trinajstić information content (AvgIpc) is 2.76. The molecule has 0 spiro atoms. The third kappa shape index (κ3) is 2.00. The normalized spacial score (nSPS) is 29.4. The van der Waals surface area contributed by atoms with Gasteiger partial charge in [-0.3, -0.25) is 4.90 Å². The van der Waals surface area contributed by atoms with E-state index in [4.69, 9.17) is 11.6 Å². The zero-order chi connectivity index (χ0) is 11.8. The van der Waals surface area contributed by atoms with Gasteiger partial charge in [-0.1, -0.05) is 11.6 Å². The van der Waals surface area contributed by atoms with Crippen LogP contribution < -0.4 is 4.90 Å². The molecule has 92 valence electrons. The topological polar surface area (TPSA) is 32.3 Å². The molecule has 0 bridgehead atoms. The Morgan fingerprint density at radius 3 is 3.12 bits per heavy atom. The van der Waals surface area contributed by atoms with Crippen LogP contribution in [0.3, 0.4) is 0 Å². The van der Waals surface area contributed by atoms with Crippen molar-refractivity contribution in [2.75, 3.05) is 24.5 Å². The lowest BCUT2D eigenvalue weighted by molar-refractivity contribution is 0.202. The molecule has 2 saturated heterocycles. The van der Waals surface area contributed by atoms with E-state index in [1.165, 1.54) is 19.4 Å². The van der Waals surface area contributed by atoms with Crippen LogP contribution in [0.2, 0.25) is 5.02 Å². The van der Waals surface area contributed by atoms with Gasteiger partial charge in [0.2, 0.25) is 0 Å². The van der Waals surface area contributed by atoms with Gasteiger partial charge in [0.05, 0.1) is 6.20 Å². The summed E-state index contributed by atoms with van der Waals surface area (Å²) in [5.74, 6) is 0.890. The van der Waals surface area contributed by atoms with Crippen LogP contribution in [-0.4, -0.2) is 46.6 Å². The van der Waals surface area contributed by atoms with Crippen molar-refractivity contribution < 1.29 is 0 Å². The van der Waals surface area contributed by atoms with Gasteiger partial charge in [0.15, 0.2) is 5.82 Å². The van der Waals surface area contributed by atoms with Crippen LogP contribution in [0, 0.1) is 0 Å². The molecule has 0 N–H and O–H groups in total. The van der Waals surface area contributed by atoms with E-state index in [2.05, 4.69) is 26.7 Å². The Morgan fingerprint density at radius 2 is 2.29 bits per heavy atom. The van der Waals surface area contributed by atoms with Crippen molar-refractivity contribution in [1.82, 2.24) is 14.9 Å². The molecule has 17 heavy (non-hydrogen) atoms. The number of nitrogens with zero attached hydrogens (tertiary/aromatic N) is 4. The van der Waals surface area contributed by atoms with Crippen molar-refractivity contribution in [2.45, 2.75) is 31.8 Å². The Bertz CT molecular complexity index is 411. The highest BCUT2D eigenvalue weighted by atomic mass is 35.5. The first-order chi connectivity index (χ1) is 8.25. The fourth-order valence-electron chi connectivity index (χ4n) is 3.00. The summed E-state index contributed by atoms with van der Waals surface area (Å²) >= 11 is 6.19. The van der Waals surface area contributed by atoms with Gasteiger partial charge in [-0.15, -0.1) is 0 Å². The number of hydrogen-bond acceptors (Lipinski definition) is 4. The summed E-state index contributed by atoms with van der Waals surface area (Å²) in [5, 5.41) is 0.658. The van der Waals surface area contributed by atoms with Gasteiger partial charge < -0.3 is 4.90 Å². The minimum Gasteiger partial charge on any atom is -0.350 e. The first-order valence-electron chi connectivity index (χ1n) is 6.22. The van der Waals surface area contributed by atoms with Crippen molar-refractivity contribution in [3.05, 3.63) is 17.5 Å². The molecule has 2 aliphatic heterocycles. The largest absolute Gasteiger partial charge is 0.350 e. The van der Waals surface area contributed by atoms with Crippen molar-refractivity contribution >= 4 is 17.4 Å². The number of piperazine rings is 1. The van der Waals surface area contributed by atoms with E-state index in [-0.39, 0.29) is 0 Å². The summed E-state index contributed by atoms with van der Waals surface area (Å²) in [4.78, 5) is 13.2. The molecule has 0 amide bonds. The number of fused-ring (bicyclic) bond motifs is 1. The van der Waals surface area contributed by atoms with Crippen molar-refractivity contribution in [3.8, 4) is 0 Å². The Hall–Kier alpha value is -0.870. The van der Waals surface area contributed by atoms with E-state index in [0.29, 0.717) is 17.1 Å². The average molecular weight is 253 g/mol. The summed E-state index contributed by atoms with van der Waals surface area (Å²) in [6, 6.07) is 1.15. The first kappa shape index (κ1) is 11.2. The maximum atomic E-state index is 6.19. The number of hydrogen-bond donors (Lipinski definition) is 0. The summed E-state index contributed by atoms with van der Waals surface area (Å²) < 4.78 is 0. The molecule has 2 unspecified atom stereocenters. The van der Waals surface area contributed by atoms with Crippen molar-refractivity contribution in [3.63, 3.8) is 0 Å². The zero-order valence-electron chi connectivity index (χ0n) is 10.0. The van der Waals surface area contributed by atoms with Gasteiger partial charge >= 0.3 is 0 Å². The molecule has 3 rings (SSSR count). The fraction of sp³-hybridized carbons (Fsp3) is 0.667. The molecular weight excluding hydrogens is 236 g/mol. The van der Waals surface area contributed by atoms with Gasteiger partial charge in [-0.05, 0) is 26.3 Å². The summed E-state index contributed by atoms with van der Waals surface area (Å²) in [6.07, 6.45) is 5.88. The number of rotatable bonds is 1. The Kier molecular flexibility index (Phi) is 2.92. The Balaban J connectivity index is 1.85. The first-order valence-corrected chi connectivity index (χ1v) is 6.59. The molecule has 0 aromatic carbocycles. The molecule has 2 aliphatic rings. The third-order valence-electron chi connectivity index (χ3n) is 3.86.